The molecule has 0 aromatic carbocycles. The standard InChI is InChI=1S/C26H38N6O2Si/c1-26(2,3)22(34-35(6)7)17-12-13-21(27-15-17)29-25-28-16-18-14-20(24(33)31(4)5)32(23(18)30-25)19-10-8-9-11-19/h12-16,19,22,35H,8-11H2,1-7H3,(H,27,28,29,30). The van der Waals surface area contributed by atoms with Gasteiger partial charge in [-0.2, -0.15) is 4.98 Å². The Morgan fingerprint density at radius 1 is 1.17 bits per heavy atom. The average molecular weight is 495 g/mol. The predicted octanol–water partition coefficient (Wildman–Crippen LogP) is 5.47. The molecule has 3 aromatic heterocycles. The summed E-state index contributed by atoms with van der Waals surface area (Å²) in [5, 5.41) is 4.12. The van der Waals surface area contributed by atoms with Crippen molar-refractivity contribution in [1.82, 2.24) is 24.4 Å². The lowest BCUT2D eigenvalue weighted by atomic mass is 9.85. The molecule has 0 bridgehead atoms. The SMILES string of the molecule is CN(C)C(=O)c1cc2cnc(Nc3ccc(C(O[SiH](C)C)C(C)(C)C)cn3)nc2n1C1CCCC1. The maximum atomic E-state index is 12.9. The first-order chi connectivity index (χ1) is 16.5. The number of nitrogens with zero attached hydrogens (tertiary/aromatic N) is 5. The van der Waals surface area contributed by atoms with Crippen LogP contribution in [0.15, 0.2) is 30.6 Å². The largest absolute Gasteiger partial charge is 0.413 e. The van der Waals surface area contributed by atoms with Crippen LogP contribution in [0.3, 0.4) is 0 Å². The molecular formula is C26H38N6O2Si. The molecule has 8 nitrogen and oxygen atoms in total. The molecule has 1 N–H and O–H groups in total. The molecule has 1 atom stereocenters. The van der Waals surface area contributed by atoms with Crippen LogP contribution in [0, 0.1) is 5.41 Å². The molecule has 188 valence electrons. The van der Waals surface area contributed by atoms with Crippen molar-refractivity contribution in [1.29, 1.82) is 0 Å². The Labute approximate surface area is 209 Å². The molecular weight excluding hydrogens is 456 g/mol. The number of carbonyl (C=O) groups excluding carboxylic acids is 1. The molecule has 9 heteroatoms. The average Bonchev–Trinajstić information content (AvgIpc) is 3.44. The number of pyridine rings is 1. The summed E-state index contributed by atoms with van der Waals surface area (Å²) in [6.45, 7) is 11.0. The zero-order valence-electron chi connectivity index (χ0n) is 22.0. The fraction of sp³-hybridized carbons (Fsp3) is 0.538. The van der Waals surface area contributed by atoms with Gasteiger partial charge >= 0.3 is 0 Å². The summed E-state index contributed by atoms with van der Waals surface area (Å²) in [6, 6.07) is 6.21. The Kier molecular flexibility index (Phi) is 7.28. The molecule has 1 amide bonds. The van der Waals surface area contributed by atoms with Gasteiger partial charge in [-0.05, 0) is 49.0 Å². The zero-order valence-corrected chi connectivity index (χ0v) is 23.2. The minimum absolute atomic E-state index is 0.00524. The Morgan fingerprint density at radius 3 is 2.46 bits per heavy atom. The maximum absolute atomic E-state index is 12.9. The fourth-order valence-corrected chi connectivity index (χ4v) is 5.91. The summed E-state index contributed by atoms with van der Waals surface area (Å²) in [4.78, 5) is 28.5. The second kappa shape index (κ2) is 10.1. The van der Waals surface area contributed by atoms with Crippen LogP contribution in [0.25, 0.3) is 11.0 Å². The van der Waals surface area contributed by atoms with Crippen LogP contribution in [-0.4, -0.2) is 53.5 Å². The highest BCUT2D eigenvalue weighted by Gasteiger charge is 2.29. The van der Waals surface area contributed by atoms with E-state index in [1.54, 1.807) is 25.2 Å². The smallest absolute Gasteiger partial charge is 0.270 e. The number of aromatic nitrogens is 4. The molecule has 0 spiro atoms. The van der Waals surface area contributed by atoms with Crippen LogP contribution in [0.5, 0.6) is 0 Å². The van der Waals surface area contributed by atoms with Crippen LogP contribution in [-0.2, 0) is 4.43 Å². The van der Waals surface area contributed by atoms with Crippen molar-refractivity contribution in [3.8, 4) is 0 Å². The zero-order chi connectivity index (χ0) is 25.3. The van der Waals surface area contributed by atoms with Gasteiger partial charge in [0.1, 0.15) is 17.2 Å². The van der Waals surface area contributed by atoms with Crippen molar-refractivity contribution >= 4 is 37.7 Å². The van der Waals surface area contributed by atoms with Crippen LogP contribution < -0.4 is 5.32 Å². The summed E-state index contributed by atoms with van der Waals surface area (Å²) < 4.78 is 8.45. The van der Waals surface area contributed by atoms with E-state index in [1.807, 2.05) is 18.3 Å². The van der Waals surface area contributed by atoms with Crippen molar-refractivity contribution < 1.29 is 9.22 Å². The number of anilines is 2. The first kappa shape index (κ1) is 25.3. The van der Waals surface area contributed by atoms with Crippen molar-refractivity contribution in [3.05, 3.63) is 41.9 Å². The van der Waals surface area contributed by atoms with Gasteiger partial charge in [-0.1, -0.05) is 39.7 Å². The van der Waals surface area contributed by atoms with Gasteiger partial charge in [0.15, 0.2) is 9.04 Å². The van der Waals surface area contributed by atoms with E-state index in [9.17, 15) is 4.79 Å². The summed E-state index contributed by atoms with van der Waals surface area (Å²) in [6.07, 6.45) is 8.13. The lowest BCUT2D eigenvalue weighted by Gasteiger charge is -2.32. The summed E-state index contributed by atoms with van der Waals surface area (Å²) >= 11 is 0. The van der Waals surface area contributed by atoms with E-state index < -0.39 is 9.04 Å². The van der Waals surface area contributed by atoms with Gasteiger partial charge in [0.25, 0.3) is 5.91 Å². The van der Waals surface area contributed by atoms with Crippen molar-refractivity contribution in [2.45, 2.75) is 71.7 Å². The third-order valence-corrected chi connectivity index (χ3v) is 7.23. The molecule has 1 aliphatic carbocycles. The number of carbonyl (C=O) groups is 1. The van der Waals surface area contributed by atoms with Crippen molar-refractivity contribution in [3.63, 3.8) is 0 Å². The summed E-state index contributed by atoms with van der Waals surface area (Å²) in [7, 11) is 2.36. The Morgan fingerprint density at radius 2 is 1.89 bits per heavy atom. The molecule has 35 heavy (non-hydrogen) atoms. The maximum Gasteiger partial charge on any atom is 0.270 e. The highest BCUT2D eigenvalue weighted by molar-refractivity contribution is 6.48. The number of hydrogen-bond acceptors (Lipinski definition) is 6. The highest BCUT2D eigenvalue weighted by atomic mass is 28.3. The topological polar surface area (TPSA) is 85.2 Å². The minimum atomic E-state index is -1.21. The lowest BCUT2D eigenvalue weighted by molar-refractivity contribution is 0.0815. The molecule has 1 fully saturated rings. The van der Waals surface area contributed by atoms with E-state index in [0.29, 0.717) is 17.5 Å². The first-order valence-electron chi connectivity index (χ1n) is 12.5. The minimum Gasteiger partial charge on any atom is -0.413 e. The third kappa shape index (κ3) is 5.56. The van der Waals surface area contributed by atoms with Crippen LogP contribution in [0.4, 0.5) is 11.8 Å². The Hall–Kier alpha value is -2.78. The molecule has 3 aromatic rings. The first-order valence-corrected chi connectivity index (χ1v) is 15.3. The fourth-order valence-electron chi connectivity index (χ4n) is 4.80. The van der Waals surface area contributed by atoms with Gasteiger partial charge in [-0.15, -0.1) is 0 Å². The van der Waals surface area contributed by atoms with Gasteiger partial charge < -0.3 is 19.2 Å². The number of hydrogen-bond donors (Lipinski definition) is 1. The number of nitrogens with one attached hydrogen (secondary N) is 1. The van der Waals surface area contributed by atoms with E-state index in [-0.39, 0.29) is 23.5 Å². The summed E-state index contributed by atoms with van der Waals surface area (Å²) in [5.41, 5.74) is 2.52. The van der Waals surface area contributed by atoms with Gasteiger partial charge in [-0.25, -0.2) is 9.97 Å². The normalized spacial score (nSPS) is 15.7. The van der Waals surface area contributed by atoms with E-state index >= 15 is 0 Å². The van der Waals surface area contributed by atoms with E-state index in [2.05, 4.69) is 59.8 Å². The van der Waals surface area contributed by atoms with Gasteiger partial charge in [-0.3, -0.25) is 4.79 Å². The molecule has 3 heterocycles. The quantitative estimate of drug-likeness (QED) is 0.438. The lowest BCUT2D eigenvalue weighted by Crippen LogP contribution is -2.26. The second-order valence-corrected chi connectivity index (χ2v) is 13.4. The molecule has 1 unspecified atom stereocenters. The van der Waals surface area contributed by atoms with Gasteiger partial charge in [0.2, 0.25) is 5.95 Å². The second-order valence-electron chi connectivity index (χ2n) is 11.0. The molecule has 0 radical (unpaired) electrons. The molecule has 0 saturated heterocycles. The van der Waals surface area contributed by atoms with E-state index in [4.69, 9.17) is 9.41 Å². The number of fused-ring (bicyclic) bond motifs is 1. The summed E-state index contributed by atoms with van der Waals surface area (Å²) in [5.74, 6) is 1.13. The number of amides is 1. The van der Waals surface area contributed by atoms with Gasteiger partial charge in [0.05, 0.1) is 6.10 Å². The van der Waals surface area contributed by atoms with Crippen molar-refractivity contribution in [2.24, 2.45) is 5.41 Å². The van der Waals surface area contributed by atoms with Gasteiger partial charge in [0, 0.05) is 37.9 Å². The van der Waals surface area contributed by atoms with Crippen LogP contribution in [0.1, 0.15) is 74.7 Å². The van der Waals surface area contributed by atoms with Crippen LogP contribution in [0.2, 0.25) is 13.1 Å². The predicted molar refractivity (Wildman–Crippen MR) is 143 cm³/mol. The Balaban J connectivity index is 1.63. The van der Waals surface area contributed by atoms with Crippen LogP contribution >= 0.6 is 0 Å². The monoisotopic (exact) mass is 494 g/mol. The third-order valence-electron chi connectivity index (χ3n) is 6.41. The molecule has 1 saturated carbocycles. The molecule has 0 aliphatic heterocycles. The molecule has 1 aliphatic rings. The number of rotatable bonds is 7. The van der Waals surface area contributed by atoms with E-state index in [1.165, 1.54) is 12.8 Å². The van der Waals surface area contributed by atoms with E-state index in [0.717, 1.165) is 29.4 Å². The van der Waals surface area contributed by atoms with Crippen molar-refractivity contribution in [2.75, 3.05) is 19.4 Å². The Bertz CT molecular complexity index is 1180. The highest BCUT2D eigenvalue weighted by Crippen LogP contribution is 2.37. The molecule has 4 rings (SSSR count).